The van der Waals surface area contributed by atoms with Crippen molar-refractivity contribution < 1.29 is 9.90 Å². The van der Waals surface area contributed by atoms with Crippen LogP contribution in [0.4, 0.5) is 0 Å². The van der Waals surface area contributed by atoms with Crippen LogP contribution in [0.5, 0.6) is 0 Å². The van der Waals surface area contributed by atoms with Gasteiger partial charge in [-0.2, -0.15) is 0 Å². The zero-order chi connectivity index (χ0) is 9.02. The molecular weight excluding hydrogens is 140 g/mol. The van der Waals surface area contributed by atoms with Gasteiger partial charge in [0.05, 0.1) is 5.57 Å². The lowest BCUT2D eigenvalue weighted by atomic mass is 10.0. The van der Waals surface area contributed by atoms with Crippen LogP contribution in [0.15, 0.2) is 22.8 Å². The SMILES string of the molecule is C/C=C(/C(=O)O)C(C)=C(C)C. The summed E-state index contributed by atoms with van der Waals surface area (Å²) in [6.07, 6.45) is 1.62. The first-order chi connectivity index (χ1) is 5.00. The summed E-state index contributed by atoms with van der Waals surface area (Å²) in [6.45, 7) is 7.36. The molecule has 0 saturated heterocycles. The number of rotatable bonds is 2. The van der Waals surface area contributed by atoms with E-state index in [1.807, 2.05) is 20.8 Å². The molecule has 0 amide bonds. The van der Waals surface area contributed by atoms with Crippen molar-refractivity contribution in [1.82, 2.24) is 0 Å². The molecular formula is C9H14O2. The molecule has 0 fully saturated rings. The van der Waals surface area contributed by atoms with Gasteiger partial charge in [0.2, 0.25) is 0 Å². The number of hydrogen-bond donors (Lipinski definition) is 1. The largest absolute Gasteiger partial charge is 0.478 e. The van der Waals surface area contributed by atoms with E-state index in [0.717, 1.165) is 11.1 Å². The summed E-state index contributed by atoms with van der Waals surface area (Å²) in [5, 5.41) is 8.69. The average molecular weight is 154 g/mol. The van der Waals surface area contributed by atoms with Crippen LogP contribution in [0.25, 0.3) is 0 Å². The van der Waals surface area contributed by atoms with E-state index in [1.165, 1.54) is 0 Å². The predicted octanol–water partition coefficient (Wildman–Crippen LogP) is 2.37. The van der Waals surface area contributed by atoms with E-state index in [9.17, 15) is 4.79 Å². The molecule has 0 aliphatic heterocycles. The standard InChI is InChI=1S/C9H14O2/c1-5-8(9(10)11)7(4)6(2)3/h5H,1-4H3,(H,10,11)/b8-5+. The van der Waals surface area contributed by atoms with Gasteiger partial charge >= 0.3 is 5.97 Å². The Morgan fingerprint density at radius 3 is 1.82 bits per heavy atom. The molecule has 11 heavy (non-hydrogen) atoms. The second-order valence-corrected chi connectivity index (χ2v) is 2.63. The van der Waals surface area contributed by atoms with Crippen molar-refractivity contribution in [3.8, 4) is 0 Å². The fourth-order valence-corrected chi connectivity index (χ4v) is 0.770. The van der Waals surface area contributed by atoms with Gasteiger partial charge in [0.25, 0.3) is 0 Å². The minimum Gasteiger partial charge on any atom is -0.478 e. The molecule has 0 aromatic rings. The van der Waals surface area contributed by atoms with Crippen molar-refractivity contribution in [2.24, 2.45) is 0 Å². The lowest BCUT2D eigenvalue weighted by Gasteiger charge is -2.03. The van der Waals surface area contributed by atoms with Crippen molar-refractivity contribution in [3.05, 3.63) is 22.8 Å². The lowest BCUT2D eigenvalue weighted by Crippen LogP contribution is -2.02. The number of carbonyl (C=O) groups is 1. The summed E-state index contributed by atoms with van der Waals surface area (Å²) in [4.78, 5) is 10.6. The van der Waals surface area contributed by atoms with Crippen molar-refractivity contribution in [2.75, 3.05) is 0 Å². The van der Waals surface area contributed by atoms with Gasteiger partial charge in [-0.15, -0.1) is 0 Å². The maximum absolute atomic E-state index is 10.6. The number of hydrogen-bond acceptors (Lipinski definition) is 1. The number of carboxylic acid groups (broad SMARTS) is 1. The van der Waals surface area contributed by atoms with E-state index in [4.69, 9.17) is 5.11 Å². The Morgan fingerprint density at radius 1 is 1.27 bits per heavy atom. The lowest BCUT2D eigenvalue weighted by molar-refractivity contribution is -0.132. The zero-order valence-electron chi connectivity index (χ0n) is 7.43. The molecule has 0 bridgehead atoms. The first kappa shape index (κ1) is 9.95. The fourth-order valence-electron chi connectivity index (χ4n) is 0.770. The molecule has 0 saturated carbocycles. The maximum atomic E-state index is 10.6. The third-order valence-electron chi connectivity index (χ3n) is 1.67. The second-order valence-electron chi connectivity index (χ2n) is 2.63. The predicted molar refractivity (Wildman–Crippen MR) is 45.4 cm³/mol. The Bertz CT molecular complexity index is 218. The van der Waals surface area contributed by atoms with Crippen LogP contribution < -0.4 is 0 Å². The first-order valence-corrected chi connectivity index (χ1v) is 3.54. The summed E-state index contributed by atoms with van der Waals surface area (Å²) in [5.74, 6) is -0.855. The molecule has 0 aliphatic carbocycles. The van der Waals surface area contributed by atoms with Crippen LogP contribution in [-0.2, 0) is 4.79 Å². The molecule has 0 spiro atoms. The van der Waals surface area contributed by atoms with Crippen molar-refractivity contribution >= 4 is 5.97 Å². The first-order valence-electron chi connectivity index (χ1n) is 3.54. The Morgan fingerprint density at radius 2 is 1.73 bits per heavy atom. The molecule has 0 rings (SSSR count). The number of allylic oxidation sites excluding steroid dienone is 2. The van der Waals surface area contributed by atoms with E-state index in [2.05, 4.69) is 0 Å². The third kappa shape index (κ3) is 2.58. The normalized spacial score (nSPS) is 11.1. The summed E-state index contributed by atoms with van der Waals surface area (Å²) in [5.41, 5.74) is 2.28. The molecule has 0 aliphatic rings. The Balaban J connectivity index is 4.85. The highest BCUT2D eigenvalue weighted by atomic mass is 16.4. The van der Waals surface area contributed by atoms with E-state index >= 15 is 0 Å². The van der Waals surface area contributed by atoms with Crippen LogP contribution >= 0.6 is 0 Å². The van der Waals surface area contributed by atoms with Gasteiger partial charge in [-0.3, -0.25) is 0 Å². The molecule has 0 aromatic carbocycles. The Kier molecular flexibility index (Phi) is 3.58. The van der Waals surface area contributed by atoms with Gasteiger partial charge in [-0.1, -0.05) is 11.6 Å². The van der Waals surface area contributed by atoms with E-state index in [-0.39, 0.29) is 0 Å². The van der Waals surface area contributed by atoms with Crippen molar-refractivity contribution in [1.29, 1.82) is 0 Å². The molecule has 2 heteroatoms. The van der Waals surface area contributed by atoms with Gasteiger partial charge in [-0.25, -0.2) is 4.79 Å². The van der Waals surface area contributed by atoms with Gasteiger partial charge in [0, 0.05) is 0 Å². The molecule has 2 nitrogen and oxygen atoms in total. The summed E-state index contributed by atoms with van der Waals surface area (Å²) >= 11 is 0. The van der Waals surface area contributed by atoms with Crippen LogP contribution in [0.3, 0.4) is 0 Å². The van der Waals surface area contributed by atoms with Gasteiger partial charge in [0.1, 0.15) is 0 Å². The molecule has 1 N–H and O–H groups in total. The summed E-state index contributed by atoms with van der Waals surface area (Å²) in [7, 11) is 0. The quantitative estimate of drug-likeness (QED) is 0.489. The Hall–Kier alpha value is -1.05. The highest BCUT2D eigenvalue weighted by Gasteiger charge is 2.07. The highest BCUT2D eigenvalue weighted by Crippen LogP contribution is 2.13. The molecule has 62 valence electrons. The number of aliphatic carboxylic acids is 1. The second kappa shape index (κ2) is 3.96. The molecule has 0 atom stereocenters. The molecule has 0 unspecified atom stereocenters. The van der Waals surface area contributed by atoms with Gasteiger partial charge < -0.3 is 5.11 Å². The monoisotopic (exact) mass is 154 g/mol. The number of carboxylic acids is 1. The van der Waals surface area contributed by atoms with Crippen LogP contribution in [0.1, 0.15) is 27.7 Å². The van der Waals surface area contributed by atoms with Crippen LogP contribution in [0.2, 0.25) is 0 Å². The highest BCUT2D eigenvalue weighted by molar-refractivity contribution is 5.91. The summed E-state index contributed by atoms with van der Waals surface area (Å²) < 4.78 is 0. The molecule has 0 radical (unpaired) electrons. The molecule has 0 heterocycles. The van der Waals surface area contributed by atoms with Gasteiger partial charge in [-0.05, 0) is 33.3 Å². The Labute approximate surface area is 67.2 Å². The minimum atomic E-state index is -0.855. The van der Waals surface area contributed by atoms with E-state index in [0.29, 0.717) is 5.57 Å². The smallest absolute Gasteiger partial charge is 0.335 e. The third-order valence-corrected chi connectivity index (χ3v) is 1.67. The molecule has 0 aromatic heterocycles. The minimum absolute atomic E-state index is 0.394. The van der Waals surface area contributed by atoms with E-state index < -0.39 is 5.97 Å². The van der Waals surface area contributed by atoms with Crippen molar-refractivity contribution in [3.63, 3.8) is 0 Å². The van der Waals surface area contributed by atoms with Gasteiger partial charge in [0.15, 0.2) is 0 Å². The van der Waals surface area contributed by atoms with Crippen LogP contribution in [0, 0.1) is 0 Å². The summed E-state index contributed by atoms with van der Waals surface area (Å²) in [6, 6.07) is 0. The maximum Gasteiger partial charge on any atom is 0.335 e. The van der Waals surface area contributed by atoms with Crippen molar-refractivity contribution in [2.45, 2.75) is 27.7 Å². The average Bonchev–Trinajstić information content (AvgIpc) is 1.88. The zero-order valence-corrected chi connectivity index (χ0v) is 7.43. The van der Waals surface area contributed by atoms with Crippen LogP contribution in [-0.4, -0.2) is 11.1 Å². The fraction of sp³-hybridized carbons (Fsp3) is 0.444. The topological polar surface area (TPSA) is 37.3 Å². The van der Waals surface area contributed by atoms with E-state index in [1.54, 1.807) is 13.0 Å².